The highest BCUT2D eigenvalue weighted by molar-refractivity contribution is 5.09. The Labute approximate surface area is 97.4 Å². The zero-order valence-corrected chi connectivity index (χ0v) is 10.5. The van der Waals surface area contributed by atoms with Crippen molar-refractivity contribution in [3.8, 4) is 0 Å². The van der Waals surface area contributed by atoms with Crippen LogP contribution in [-0.2, 0) is 12.0 Å². The van der Waals surface area contributed by atoms with E-state index in [0.29, 0.717) is 0 Å². The van der Waals surface area contributed by atoms with Gasteiger partial charge in [-0.15, -0.1) is 0 Å². The van der Waals surface area contributed by atoms with Crippen LogP contribution in [0, 0.1) is 0 Å². The molecule has 1 aliphatic heterocycles. The van der Waals surface area contributed by atoms with Crippen molar-refractivity contribution in [1.82, 2.24) is 20.2 Å². The maximum absolute atomic E-state index is 4.52. The van der Waals surface area contributed by atoms with E-state index in [1.54, 1.807) is 0 Å². The van der Waals surface area contributed by atoms with E-state index in [9.17, 15) is 0 Å². The van der Waals surface area contributed by atoms with E-state index in [1.165, 1.54) is 5.69 Å². The van der Waals surface area contributed by atoms with Gasteiger partial charge in [-0.1, -0.05) is 6.92 Å². The second-order valence-electron chi connectivity index (χ2n) is 4.91. The summed E-state index contributed by atoms with van der Waals surface area (Å²) in [6.07, 6.45) is 2.98. The summed E-state index contributed by atoms with van der Waals surface area (Å²) in [6, 6.07) is 0. The molecule has 1 fully saturated rings. The van der Waals surface area contributed by atoms with E-state index in [1.807, 2.05) is 6.20 Å². The van der Waals surface area contributed by atoms with Crippen molar-refractivity contribution < 1.29 is 0 Å². The van der Waals surface area contributed by atoms with Gasteiger partial charge in [-0.05, 0) is 20.3 Å². The average Bonchev–Trinajstić information content (AvgIpc) is 2.79. The largest absolute Gasteiger partial charge is 0.344 e. The predicted octanol–water partition coefficient (Wildman–Crippen LogP) is 1.11. The lowest BCUT2D eigenvalue weighted by Crippen LogP contribution is -2.52. The highest BCUT2D eigenvalue weighted by atomic mass is 15.3. The fourth-order valence-electron chi connectivity index (χ4n) is 2.22. The second-order valence-corrected chi connectivity index (χ2v) is 4.91. The zero-order valence-electron chi connectivity index (χ0n) is 10.5. The first-order chi connectivity index (χ1) is 7.64. The summed E-state index contributed by atoms with van der Waals surface area (Å²) in [5.41, 5.74) is 1.23. The van der Waals surface area contributed by atoms with Crippen molar-refractivity contribution in [2.75, 3.05) is 26.2 Å². The van der Waals surface area contributed by atoms with E-state index in [4.69, 9.17) is 0 Å². The fourth-order valence-corrected chi connectivity index (χ4v) is 2.22. The van der Waals surface area contributed by atoms with Gasteiger partial charge in [0, 0.05) is 38.1 Å². The van der Waals surface area contributed by atoms with Crippen LogP contribution in [0.25, 0.3) is 0 Å². The molecule has 2 rings (SSSR count). The monoisotopic (exact) mass is 222 g/mol. The molecule has 1 aromatic heterocycles. The Hall–Kier alpha value is -0.870. The number of nitrogens with zero attached hydrogens (tertiary/aromatic N) is 2. The molecule has 0 aliphatic carbocycles. The molecule has 0 atom stereocenters. The van der Waals surface area contributed by atoms with Gasteiger partial charge in [-0.3, -0.25) is 4.90 Å². The van der Waals surface area contributed by atoms with Gasteiger partial charge >= 0.3 is 0 Å². The van der Waals surface area contributed by atoms with Gasteiger partial charge in [0.2, 0.25) is 0 Å². The Morgan fingerprint density at radius 1 is 1.38 bits per heavy atom. The first-order valence-corrected chi connectivity index (χ1v) is 6.14. The normalized spacial score (nSPS) is 18.9. The molecule has 1 aliphatic rings. The first-order valence-electron chi connectivity index (χ1n) is 6.14. The lowest BCUT2D eigenvalue weighted by Gasteiger charge is -2.39. The number of nitrogens with one attached hydrogen (secondary N) is 2. The van der Waals surface area contributed by atoms with E-state index in [0.717, 1.165) is 38.4 Å². The maximum atomic E-state index is 4.52. The Morgan fingerprint density at radius 2 is 2.06 bits per heavy atom. The third-order valence-corrected chi connectivity index (χ3v) is 3.50. The number of aryl methyl sites for hydroxylation is 1. The Balaban J connectivity index is 2.15. The zero-order chi connectivity index (χ0) is 11.6. The van der Waals surface area contributed by atoms with Crippen LogP contribution in [0.5, 0.6) is 0 Å². The molecule has 1 saturated heterocycles. The minimum atomic E-state index is 0.00944. The van der Waals surface area contributed by atoms with Gasteiger partial charge in [0.1, 0.15) is 5.82 Å². The predicted molar refractivity (Wildman–Crippen MR) is 65.4 cm³/mol. The van der Waals surface area contributed by atoms with Crippen LogP contribution >= 0.6 is 0 Å². The lowest BCUT2D eigenvalue weighted by molar-refractivity contribution is 0.0955. The summed E-state index contributed by atoms with van der Waals surface area (Å²) >= 11 is 0. The standard InChI is InChI=1S/C12H22N4/c1-4-10-9-14-11(15-10)12(2,3)16-7-5-13-6-8-16/h9,13H,4-8H2,1-3H3,(H,14,15). The molecular formula is C12H22N4. The van der Waals surface area contributed by atoms with Gasteiger partial charge < -0.3 is 10.3 Å². The fraction of sp³-hybridized carbons (Fsp3) is 0.750. The van der Waals surface area contributed by atoms with Crippen molar-refractivity contribution in [3.05, 3.63) is 17.7 Å². The van der Waals surface area contributed by atoms with Crippen molar-refractivity contribution >= 4 is 0 Å². The summed E-state index contributed by atoms with van der Waals surface area (Å²) in [5, 5.41) is 3.38. The van der Waals surface area contributed by atoms with Crippen molar-refractivity contribution in [2.45, 2.75) is 32.7 Å². The number of hydrogen-bond donors (Lipinski definition) is 2. The minimum Gasteiger partial charge on any atom is -0.344 e. The van der Waals surface area contributed by atoms with Crippen LogP contribution in [0.15, 0.2) is 6.20 Å². The van der Waals surface area contributed by atoms with Gasteiger partial charge in [-0.25, -0.2) is 4.98 Å². The molecule has 0 spiro atoms. The summed E-state index contributed by atoms with van der Waals surface area (Å²) in [5.74, 6) is 1.09. The van der Waals surface area contributed by atoms with Crippen LogP contribution < -0.4 is 5.32 Å². The van der Waals surface area contributed by atoms with Gasteiger partial charge in [0.05, 0.1) is 5.54 Å². The molecule has 16 heavy (non-hydrogen) atoms. The molecule has 90 valence electrons. The van der Waals surface area contributed by atoms with Crippen molar-refractivity contribution in [3.63, 3.8) is 0 Å². The lowest BCUT2D eigenvalue weighted by atomic mass is 10.0. The first kappa shape index (κ1) is 11.6. The number of rotatable bonds is 3. The van der Waals surface area contributed by atoms with Gasteiger partial charge in [0.15, 0.2) is 0 Å². The molecule has 0 amide bonds. The number of aromatic amines is 1. The molecule has 4 heteroatoms. The van der Waals surface area contributed by atoms with Crippen LogP contribution in [0.3, 0.4) is 0 Å². The maximum Gasteiger partial charge on any atom is 0.126 e. The molecule has 2 N–H and O–H groups in total. The Morgan fingerprint density at radius 3 is 2.62 bits per heavy atom. The third-order valence-electron chi connectivity index (χ3n) is 3.50. The second kappa shape index (κ2) is 4.55. The molecule has 0 bridgehead atoms. The smallest absolute Gasteiger partial charge is 0.126 e. The molecule has 2 heterocycles. The molecule has 0 aromatic carbocycles. The SMILES string of the molecule is CCc1cnc(C(C)(C)N2CCNCC2)[nH]1. The molecule has 0 saturated carbocycles. The molecule has 4 nitrogen and oxygen atoms in total. The highest BCUT2D eigenvalue weighted by Gasteiger charge is 2.32. The van der Waals surface area contributed by atoms with Crippen LogP contribution in [-0.4, -0.2) is 41.0 Å². The average molecular weight is 222 g/mol. The summed E-state index contributed by atoms with van der Waals surface area (Å²) in [4.78, 5) is 10.4. The summed E-state index contributed by atoms with van der Waals surface area (Å²) in [6.45, 7) is 11.0. The summed E-state index contributed by atoms with van der Waals surface area (Å²) in [7, 11) is 0. The van der Waals surface area contributed by atoms with Gasteiger partial charge in [0.25, 0.3) is 0 Å². The minimum absolute atomic E-state index is 0.00944. The highest BCUT2D eigenvalue weighted by Crippen LogP contribution is 2.25. The quantitative estimate of drug-likeness (QED) is 0.805. The number of hydrogen-bond acceptors (Lipinski definition) is 3. The Bertz CT molecular complexity index is 337. The Kier molecular flexibility index (Phi) is 3.30. The van der Waals surface area contributed by atoms with Crippen LogP contribution in [0.4, 0.5) is 0 Å². The summed E-state index contributed by atoms with van der Waals surface area (Å²) < 4.78 is 0. The topological polar surface area (TPSA) is 44.0 Å². The molecule has 0 unspecified atom stereocenters. The third kappa shape index (κ3) is 2.13. The van der Waals surface area contributed by atoms with Crippen LogP contribution in [0.1, 0.15) is 32.3 Å². The van der Waals surface area contributed by atoms with E-state index >= 15 is 0 Å². The van der Waals surface area contributed by atoms with Crippen molar-refractivity contribution in [2.24, 2.45) is 0 Å². The number of piperazine rings is 1. The number of imidazole rings is 1. The van der Waals surface area contributed by atoms with E-state index in [-0.39, 0.29) is 5.54 Å². The van der Waals surface area contributed by atoms with Crippen molar-refractivity contribution in [1.29, 1.82) is 0 Å². The molecule has 1 aromatic rings. The molecule has 0 radical (unpaired) electrons. The molecular weight excluding hydrogens is 200 g/mol. The number of aromatic nitrogens is 2. The number of H-pyrrole nitrogens is 1. The van der Waals surface area contributed by atoms with E-state index in [2.05, 4.69) is 41.0 Å². The van der Waals surface area contributed by atoms with E-state index < -0.39 is 0 Å². The van der Waals surface area contributed by atoms with Gasteiger partial charge in [-0.2, -0.15) is 0 Å². The van der Waals surface area contributed by atoms with Crippen LogP contribution in [0.2, 0.25) is 0 Å².